The SMILES string of the molecule is CCOCCN(C)CC1(O)CCCCC1. The first-order valence-electron chi connectivity index (χ1n) is 6.15. The highest BCUT2D eigenvalue weighted by Gasteiger charge is 2.29. The van der Waals surface area contributed by atoms with E-state index < -0.39 is 5.60 Å². The smallest absolute Gasteiger partial charge is 0.0774 e. The van der Waals surface area contributed by atoms with Gasteiger partial charge in [-0.2, -0.15) is 0 Å². The van der Waals surface area contributed by atoms with E-state index in [9.17, 15) is 5.11 Å². The number of ether oxygens (including phenoxy) is 1. The minimum Gasteiger partial charge on any atom is -0.389 e. The van der Waals surface area contributed by atoms with Crippen molar-refractivity contribution in [3.8, 4) is 0 Å². The van der Waals surface area contributed by atoms with Crippen molar-refractivity contribution >= 4 is 0 Å². The van der Waals surface area contributed by atoms with Gasteiger partial charge < -0.3 is 14.7 Å². The maximum absolute atomic E-state index is 10.3. The Bertz CT molecular complexity index is 167. The van der Waals surface area contributed by atoms with Crippen LogP contribution in [0.25, 0.3) is 0 Å². The molecule has 0 heterocycles. The van der Waals surface area contributed by atoms with Crippen LogP contribution in [0.1, 0.15) is 39.0 Å². The van der Waals surface area contributed by atoms with E-state index >= 15 is 0 Å². The van der Waals surface area contributed by atoms with Crippen LogP contribution in [0.15, 0.2) is 0 Å². The zero-order valence-corrected chi connectivity index (χ0v) is 10.2. The minimum atomic E-state index is -0.431. The fourth-order valence-electron chi connectivity index (χ4n) is 2.31. The molecule has 0 radical (unpaired) electrons. The monoisotopic (exact) mass is 215 g/mol. The van der Waals surface area contributed by atoms with Gasteiger partial charge in [0.25, 0.3) is 0 Å². The average molecular weight is 215 g/mol. The van der Waals surface area contributed by atoms with Gasteiger partial charge in [-0.25, -0.2) is 0 Å². The van der Waals surface area contributed by atoms with Crippen LogP contribution in [0.2, 0.25) is 0 Å². The molecule has 1 N–H and O–H groups in total. The molecule has 0 bridgehead atoms. The summed E-state index contributed by atoms with van der Waals surface area (Å²) in [5, 5.41) is 10.3. The number of nitrogens with zero attached hydrogens (tertiary/aromatic N) is 1. The Hall–Kier alpha value is -0.120. The van der Waals surface area contributed by atoms with E-state index in [1.807, 2.05) is 6.92 Å². The van der Waals surface area contributed by atoms with Gasteiger partial charge in [0.2, 0.25) is 0 Å². The molecular formula is C12H25NO2. The van der Waals surface area contributed by atoms with E-state index in [0.29, 0.717) is 0 Å². The van der Waals surface area contributed by atoms with Gasteiger partial charge in [-0.1, -0.05) is 19.3 Å². The van der Waals surface area contributed by atoms with Crippen LogP contribution in [0.4, 0.5) is 0 Å². The topological polar surface area (TPSA) is 32.7 Å². The second kappa shape index (κ2) is 6.46. The van der Waals surface area contributed by atoms with Crippen LogP contribution in [0.3, 0.4) is 0 Å². The van der Waals surface area contributed by atoms with Crippen molar-refractivity contribution in [2.75, 3.05) is 33.4 Å². The van der Waals surface area contributed by atoms with Gasteiger partial charge >= 0.3 is 0 Å². The van der Waals surface area contributed by atoms with E-state index in [1.54, 1.807) is 0 Å². The van der Waals surface area contributed by atoms with Crippen molar-refractivity contribution in [3.63, 3.8) is 0 Å². The van der Waals surface area contributed by atoms with Crippen LogP contribution in [-0.2, 0) is 4.74 Å². The van der Waals surface area contributed by atoms with E-state index in [4.69, 9.17) is 4.74 Å². The Labute approximate surface area is 93.4 Å². The minimum absolute atomic E-state index is 0.431. The van der Waals surface area contributed by atoms with Crippen molar-refractivity contribution in [3.05, 3.63) is 0 Å². The van der Waals surface area contributed by atoms with Gasteiger partial charge in [0.15, 0.2) is 0 Å². The Balaban J connectivity index is 2.20. The molecule has 3 nitrogen and oxygen atoms in total. The molecule has 15 heavy (non-hydrogen) atoms. The Morgan fingerprint density at radius 2 is 1.93 bits per heavy atom. The lowest BCUT2D eigenvalue weighted by Crippen LogP contribution is -2.43. The highest BCUT2D eigenvalue weighted by Crippen LogP contribution is 2.28. The molecule has 0 spiro atoms. The molecule has 3 heteroatoms. The highest BCUT2D eigenvalue weighted by molar-refractivity contribution is 4.84. The molecule has 1 fully saturated rings. The van der Waals surface area contributed by atoms with Gasteiger partial charge in [-0.3, -0.25) is 0 Å². The number of hydrogen-bond acceptors (Lipinski definition) is 3. The number of likely N-dealkylation sites (N-methyl/N-ethyl adjacent to an activating group) is 1. The van der Waals surface area contributed by atoms with Gasteiger partial charge in [-0.15, -0.1) is 0 Å². The molecule has 0 aromatic rings. The zero-order chi connectivity index (χ0) is 11.1. The normalized spacial score (nSPS) is 20.8. The van der Waals surface area contributed by atoms with Crippen molar-refractivity contribution in [1.29, 1.82) is 0 Å². The summed E-state index contributed by atoms with van der Waals surface area (Å²) in [6.07, 6.45) is 5.56. The lowest BCUT2D eigenvalue weighted by molar-refractivity contribution is -0.0250. The third-order valence-electron chi connectivity index (χ3n) is 3.17. The van der Waals surface area contributed by atoms with E-state index in [-0.39, 0.29) is 0 Å². The molecule has 1 saturated carbocycles. The number of aliphatic hydroxyl groups is 1. The molecule has 0 unspecified atom stereocenters. The molecule has 1 aliphatic rings. The van der Waals surface area contributed by atoms with Crippen LogP contribution < -0.4 is 0 Å². The summed E-state index contributed by atoms with van der Waals surface area (Å²) in [5.41, 5.74) is -0.431. The van der Waals surface area contributed by atoms with E-state index in [1.165, 1.54) is 19.3 Å². The highest BCUT2D eigenvalue weighted by atomic mass is 16.5. The fraction of sp³-hybridized carbons (Fsp3) is 1.00. The molecule has 0 aromatic heterocycles. The molecule has 0 atom stereocenters. The standard InChI is InChI=1S/C12H25NO2/c1-3-15-10-9-13(2)11-12(14)7-5-4-6-8-12/h14H,3-11H2,1-2H3. The first-order chi connectivity index (χ1) is 7.16. The quantitative estimate of drug-likeness (QED) is 0.684. The summed E-state index contributed by atoms with van der Waals surface area (Å²) in [4.78, 5) is 2.18. The van der Waals surface area contributed by atoms with Gasteiger partial charge in [-0.05, 0) is 26.8 Å². The van der Waals surface area contributed by atoms with Crippen molar-refractivity contribution in [2.45, 2.75) is 44.6 Å². The predicted molar refractivity (Wildman–Crippen MR) is 62.0 cm³/mol. The van der Waals surface area contributed by atoms with Crippen LogP contribution in [0.5, 0.6) is 0 Å². The molecule has 0 aromatic carbocycles. The van der Waals surface area contributed by atoms with Gasteiger partial charge in [0, 0.05) is 19.7 Å². The first-order valence-corrected chi connectivity index (χ1v) is 6.15. The third kappa shape index (κ3) is 4.96. The maximum atomic E-state index is 10.3. The predicted octanol–water partition coefficient (Wildman–Crippen LogP) is 1.65. The Morgan fingerprint density at radius 3 is 2.53 bits per heavy atom. The summed E-state index contributed by atoms with van der Waals surface area (Å²) < 4.78 is 5.30. The summed E-state index contributed by atoms with van der Waals surface area (Å²) in [6, 6.07) is 0. The second-order valence-corrected chi connectivity index (χ2v) is 4.72. The summed E-state index contributed by atoms with van der Waals surface area (Å²) in [6.45, 7) is 5.26. The van der Waals surface area contributed by atoms with Crippen LogP contribution in [0, 0.1) is 0 Å². The van der Waals surface area contributed by atoms with Gasteiger partial charge in [0.1, 0.15) is 0 Å². The molecule has 1 aliphatic carbocycles. The van der Waals surface area contributed by atoms with Crippen molar-refractivity contribution in [2.24, 2.45) is 0 Å². The summed E-state index contributed by atoms with van der Waals surface area (Å²) in [5.74, 6) is 0. The number of hydrogen-bond donors (Lipinski definition) is 1. The van der Waals surface area contributed by atoms with Crippen LogP contribution in [-0.4, -0.2) is 49.0 Å². The largest absolute Gasteiger partial charge is 0.389 e. The molecule has 0 aliphatic heterocycles. The maximum Gasteiger partial charge on any atom is 0.0774 e. The lowest BCUT2D eigenvalue weighted by Gasteiger charge is -2.35. The molecule has 90 valence electrons. The second-order valence-electron chi connectivity index (χ2n) is 4.72. The lowest BCUT2D eigenvalue weighted by atomic mass is 9.84. The Morgan fingerprint density at radius 1 is 1.27 bits per heavy atom. The molecule has 0 saturated heterocycles. The summed E-state index contributed by atoms with van der Waals surface area (Å²) >= 11 is 0. The first kappa shape index (κ1) is 12.9. The fourth-order valence-corrected chi connectivity index (χ4v) is 2.31. The zero-order valence-electron chi connectivity index (χ0n) is 10.2. The third-order valence-corrected chi connectivity index (χ3v) is 3.17. The van der Waals surface area contributed by atoms with E-state index in [0.717, 1.165) is 39.1 Å². The molecule has 0 amide bonds. The van der Waals surface area contributed by atoms with Gasteiger partial charge in [0.05, 0.1) is 12.2 Å². The van der Waals surface area contributed by atoms with E-state index in [2.05, 4.69) is 11.9 Å². The average Bonchev–Trinajstić information content (AvgIpc) is 2.18. The molecular weight excluding hydrogens is 190 g/mol. The van der Waals surface area contributed by atoms with Crippen molar-refractivity contribution in [1.82, 2.24) is 4.90 Å². The molecule has 1 rings (SSSR count). The number of rotatable bonds is 6. The van der Waals surface area contributed by atoms with Crippen molar-refractivity contribution < 1.29 is 9.84 Å². The van der Waals surface area contributed by atoms with Crippen LogP contribution >= 0.6 is 0 Å². The summed E-state index contributed by atoms with van der Waals surface area (Å²) in [7, 11) is 2.06. The Kier molecular flexibility index (Phi) is 5.58.